The van der Waals surface area contributed by atoms with Crippen LogP contribution in [0, 0.1) is 13.8 Å². The Labute approximate surface area is 106 Å². The highest BCUT2D eigenvalue weighted by Gasteiger charge is 2.17. The van der Waals surface area contributed by atoms with Crippen LogP contribution < -0.4 is 5.32 Å². The zero-order valence-corrected chi connectivity index (χ0v) is 10.9. The second kappa shape index (κ2) is 6.18. The summed E-state index contributed by atoms with van der Waals surface area (Å²) in [5, 5.41) is 18.2. The standard InChI is InChI=1S/C12H19N3O3/c1-4-10(12(17)18)13-11(16)6-5-9-7(2)14-15-8(9)3/h10H,4-6H2,1-3H3,(H,13,16)(H,14,15)(H,17,18). The minimum absolute atomic E-state index is 0.246. The van der Waals surface area contributed by atoms with Gasteiger partial charge in [-0.25, -0.2) is 4.79 Å². The first-order valence-electron chi connectivity index (χ1n) is 5.98. The van der Waals surface area contributed by atoms with E-state index >= 15 is 0 Å². The van der Waals surface area contributed by atoms with Crippen molar-refractivity contribution in [2.75, 3.05) is 0 Å². The highest BCUT2D eigenvalue weighted by Crippen LogP contribution is 2.11. The molecule has 1 aromatic heterocycles. The Bertz CT molecular complexity index is 420. The number of carboxylic acid groups (broad SMARTS) is 1. The van der Waals surface area contributed by atoms with Crippen LogP contribution in [0.4, 0.5) is 0 Å². The van der Waals surface area contributed by atoms with Gasteiger partial charge in [0.05, 0.1) is 5.69 Å². The van der Waals surface area contributed by atoms with Gasteiger partial charge >= 0.3 is 5.97 Å². The van der Waals surface area contributed by atoms with Gasteiger partial charge in [-0.1, -0.05) is 6.92 Å². The van der Waals surface area contributed by atoms with Crippen LogP contribution >= 0.6 is 0 Å². The summed E-state index contributed by atoms with van der Waals surface area (Å²) in [5.41, 5.74) is 2.85. The lowest BCUT2D eigenvalue weighted by Crippen LogP contribution is -2.40. The van der Waals surface area contributed by atoms with Crippen LogP contribution in [-0.2, 0) is 16.0 Å². The Morgan fingerprint density at radius 2 is 2.11 bits per heavy atom. The second-order valence-corrected chi connectivity index (χ2v) is 4.28. The van der Waals surface area contributed by atoms with E-state index < -0.39 is 12.0 Å². The van der Waals surface area contributed by atoms with Crippen molar-refractivity contribution in [1.82, 2.24) is 15.5 Å². The monoisotopic (exact) mass is 253 g/mol. The maximum Gasteiger partial charge on any atom is 0.326 e. The first-order chi connectivity index (χ1) is 8.45. The van der Waals surface area contributed by atoms with Gasteiger partial charge in [-0.3, -0.25) is 9.89 Å². The molecule has 0 fully saturated rings. The maximum absolute atomic E-state index is 11.6. The van der Waals surface area contributed by atoms with Gasteiger partial charge < -0.3 is 10.4 Å². The summed E-state index contributed by atoms with van der Waals surface area (Å²) in [6.45, 7) is 5.51. The van der Waals surface area contributed by atoms with Crippen LogP contribution in [0.5, 0.6) is 0 Å². The summed E-state index contributed by atoms with van der Waals surface area (Å²) in [6.07, 6.45) is 1.21. The molecule has 0 saturated heterocycles. The van der Waals surface area contributed by atoms with Crippen molar-refractivity contribution in [2.24, 2.45) is 0 Å². The molecular formula is C12H19N3O3. The smallest absolute Gasteiger partial charge is 0.326 e. The zero-order valence-electron chi connectivity index (χ0n) is 10.9. The maximum atomic E-state index is 11.6. The lowest BCUT2D eigenvalue weighted by Gasteiger charge is -2.12. The van der Waals surface area contributed by atoms with Gasteiger partial charge in [0, 0.05) is 12.1 Å². The van der Waals surface area contributed by atoms with Crippen molar-refractivity contribution in [1.29, 1.82) is 0 Å². The first kappa shape index (κ1) is 14.2. The number of carbonyl (C=O) groups excluding carboxylic acids is 1. The normalized spacial score (nSPS) is 12.2. The number of nitrogens with zero attached hydrogens (tertiary/aromatic N) is 1. The van der Waals surface area contributed by atoms with E-state index in [1.54, 1.807) is 6.92 Å². The molecule has 0 aliphatic carbocycles. The molecule has 1 unspecified atom stereocenters. The van der Waals surface area contributed by atoms with Gasteiger partial charge in [-0.15, -0.1) is 0 Å². The Morgan fingerprint density at radius 3 is 2.56 bits per heavy atom. The highest BCUT2D eigenvalue weighted by molar-refractivity contribution is 5.83. The quantitative estimate of drug-likeness (QED) is 0.703. The molecule has 1 atom stereocenters. The Morgan fingerprint density at radius 1 is 1.44 bits per heavy atom. The minimum Gasteiger partial charge on any atom is -0.480 e. The fraction of sp³-hybridized carbons (Fsp3) is 0.583. The van der Waals surface area contributed by atoms with Gasteiger partial charge in [-0.05, 0) is 32.3 Å². The van der Waals surface area contributed by atoms with E-state index in [-0.39, 0.29) is 12.3 Å². The number of aryl methyl sites for hydroxylation is 2. The Hall–Kier alpha value is -1.85. The molecule has 0 aliphatic rings. The predicted molar refractivity (Wildman–Crippen MR) is 66.2 cm³/mol. The number of nitrogens with one attached hydrogen (secondary N) is 2. The molecule has 3 N–H and O–H groups in total. The van der Waals surface area contributed by atoms with E-state index in [4.69, 9.17) is 5.11 Å². The molecule has 0 bridgehead atoms. The number of carbonyl (C=O) groups is 2. The van der Waals surface area contributed by atoms with Crippen LogP contribution in [-0.4, -0.2) is 33.2 Å². The highest BCUT2D eigenvalue weighted by atomic mass is 16.4. The average Bonchev–Trinajstić information content (AvgIpc) is 2.63. The largest absolute Gasteiger partial charge is 0.480 e. The number of amides is 1. The molecule has 1 aromatic rings. The summed E-state index contributed by atoms with van der Waals surface area (Å²) < 4.78 is 0. The van der Waals surface area contributed by atoms with Gasteiger partial charge in [0.1, 0.15) is 6.04 Å². The van der Waals surface area contributed by atoms with E-state index in [2.05, 4.69) is 15.5 Å². The molecule has 1 heterocycles. The molecule has 100 valence electrons. The molecule has 1 amide bonds. The molecule has 0 saturated carbocycles. The molecule has 6 nitrogen and oxygen atoms in total. The number of aromatic nitrogens is 2. The van der Waals surface area contributed by atoms with Crippen molar-refractivity contribution in [3.05, 3.63) is 17.0 Å². The van der Waals surface area contributed by atoms with Crippen molar-refractivity contribution < 1.29 is 14.7 Å². The van der Waals surface area contributed by atoms with Gasteiger partial charge in [0.15, 0.2) is 0 Å². The molecule has 1 rings (SSSR count). The molecular weight excluding hydrogens is 234 g/mol. The van der Waals surface area contributed by atoms with Crippen LogP contribution in [0.1, 0.15) is 36.7 Å². The molecule has 18 heavy (non-hydrogen) atoms. The summed E-state index contributed by atoms with van der Waals surface area (Å²) in [6, 6.07) is -0.802. The summed E-state index contributed by atoms with van der Waals surface area (Å²) in [5.74, 6) is -1.24. The van der Waals surface area contributed by atoms with Gasteiger partial charge in [0.2, 0.25) is 5.91 Å². The van der Waals surface area contributed by atoms with Crippen molar-refractivity contribution in [3.8, 4) is 0 Å². The zero-order chi connectivity index (χ0) is 13.7. The van der Waals surface area contributed by atoms with Gasteiger partial charge in [0.25, 0.3) is 0 Å². The molecule has 0 aliphatic heterocycles. The number of rotatable bonds is 6. The number of aromatic amines is 1. The molecule has 0 spiro atoms. The third-order valence-electron chi connectivity index (χ3n) is 2.92. The lowest BCUT2D eigenvalue weighted by molar-refractivity contribution is -0.141. The number of hydrogen-bond acceptors (Lipinski definition) is 3. The van der Waals surface area contributed by atoms with E-state index in [1.807, 2.05) is 13.8 Å². The van der Waals surface area contributed by atoms with E-state index in [0.29, 0.717) is 12.8 Å². The van der Waals surface area contributed by atoms with Crippen molar-refractivity contribution >= 4 is 11.9 Å². The number of carboxylic acids is 1. The lowest BCUT2D eigenvalue weighted by atomic mass is 10.1. The average molecular weight is 253 g/mol. The Kier molecular flexibility index (Phi) is 4.88. The van der Waals surface area contributed by atoms with Gasteiger partial charge in [-0.2, -0.15) is 5.10 Å². The molecule has 0 aromatic carbocycles. The summed E-state index contributed by atoms with van der Waals surface area (Å²) >= 11 is 0. The van der Waals surface area contributed by atoms with E-state index in [1.165, 1.54) is 0 Å². The Balaban J connectivity index is 2.49. The van der Waals surface area contributed by atoms with Crippen molar-refractivity contribution in [2.45, 2.75) is 46.1 Å². The first-order valence-corrected chi connectivity index (χ1v) is 5.98. The SMILES string of the molecule is CCC(NC(=O)CCc1c(C)n[nH]c1C)C(=O)O. The van der Waals surface area contributed by atoms with Crippen LogP contribution in [0.25, 0.3) is 0 Å². The number of H-pyrrole nitrogens is 1. The minimum atomic E-state index is -0.999. The van der Waals surface area contributed by atoms with Crippen molar-refractivity contribution in [3.63, 3.8) is 0 Å². The predicted octanol–water partition coefficient (Wildman–Crippen LogP) is 0.939. The van der Waals surface area contributed by atoms with Crippen LogP contribution in [0.3, 0.4) is 0 Å². The number of hydrogen-bond donors (Lipinski definition) is 3. The van der Waals surface area contributed by atoms with E-state index in [9.17, 15) is 9.59 Å². The van der Waals surface area contributed by atoms with Crippen LogP contribution in [0.2, 0.25) is 0 Å². The summed E-state index contributed by atoms with van der Waals surface area (Å²) in [7, 11) is 0. The second-order valence-electron chi connectivity index (χ2n) is 4.28. The molecule has 6 heteroatoms. The fourth-order valence-electron chi connectivity index (χ4n) is 1.79. The topological polar surface area (TPSA) is 95.1 Å². The third-order valence-corrected chi connectivity index (χ3v) is 2.92. The fourth-order valence-corrected chi connectivity index (χ4v) is 1.79. The van der Waals surface area contributed by atoms with E-state index in [0.717, 1.165) is 17.0 Å². The summed E-state index contributed by atoms with van der Waals surface area (Å²) in [4.78, 5) is 22.4. The molecule has 0 radical (unpaired) electrons. The third kappa shape index (κ3) is 3.58. The van der Waals surface area contributed by atoms with Crippen LogP contribution in [0.15, 0.2) is 0 Å². The number of aliphatic carboxylic acids is 1.